The molecule has 0 spiro atoms. The Labute approximate surface area is 129 Å². The van der Waals surface area contributed by atoms with Crippen molar-refractivity contribution in [2.45, 2.75) is 38.2 Å². The first-order valence-electron chi connectivity index (χ1n) is 7.26. The van der Waals surface area contributed by atoms with Crippen molar-refractivity contribution >= 4 is 27.0 Å². The Balaban J connectivity index is 2.17. The summed E-state index contributed by atoms with van der Waals surface area (Å²) in [6.07, 6.45) is 4.42. The molecule has 5 heteroatoms. The molecule has 1 unspecified atom stereocenters. The van der Waals surface area contributed by atoms with Gasteiger partial charge in [0.05, 0.1) is 7.85 Å². The average Bonchev–Trinajstić information content (AvgIpc) is 2.50. The van der Waals surface area contributed by atoms with Gasteiger partial charge in [0, 0.05) is 29.8 Å². The minimum atomic E-state index is -0.00831. The Hall–Kier alpha value is -1.66. The molecule has 2 N–H and O–H groups in total. The van der Waals surface area contributed by atoms with E-state index in [0.717, 1.165) is 37.1 Å². The van der Waals surface area contributed by atoms with Crippen molar-refractivity contribution in [1.82, 2.24) is 0 Å². The Kier molecular flexibility index (Phi) is 5.95. The predicted octanol–water partition coefficient (Wildman–Crippen LogP) is 2.45. The van der Waals surface area contributed by atoms with Gasteiger partial charge in [-0.15, -0.1) is 0 Å². The normalized spacial score (nSPS) is 17.6. The molecule has 0 amide bonds. The Morgan fingerprint density at radius 1 is 1.43 bits per heavy atom. The van der Waals surface area contributed by atoms with Crippen molar-refractivity contribution in [3.05, 3.63) is 29.3 Å². The summed E-state index contributed by atoms with van der Waals surface area (Å²) in [5.74, 6) is 6.02. The smallest absolute Gasteiger partial charge is 0.141 e. The molecular formula is C16H18B2N2O. The van der Waals surface area contributed by atoms with Crippen LogP contribution in [0.4, 0.5) is 5.69 Å². The molecule has 104 valence electrons. The lowest BCUT2D eigenvalue weighted by molar-refractivity contribution is 0.0343. The van der Waals surface area contributed by atoms with Crippen molar-refractivity contribution in [1.29, 1.82) is 5.41 Å². The third-order valence-corrected chi connectivity index (χ3v) is 3.31. The van der Waals surface area contributed by atoms with E-state index in [-0.39, 0.29) is 11.8 Å². The second-order valence-electron chi connectivity index (χ2n) is 5.01. The van der Waals surface area contributed by atoms with E-state index in [4.69, 9.17) is 25.8 Å². The third kappa shape index (κ3) is 4.68. The highest BCUT2D eigenvalue weighted by atomic mass is 16.5. The van der Waals surface area contributed by atoms with Crippen molar-refractivity contribution < 1.29 is 4.74 Å². The van der Waals surface area contributed by atoms with Crippen LogP contribution < -0.4 is 5.32 Å². The Morgan fingerprint density at radius 3 is 2.95 bits per heavy atom. The summed E-state index contributed by atoms with van der Waals surface area (Å²) < 4.78 is 5.66. The first-order chi connectivity index (χ1) is 10.2. The van der Waals surface area contributed by atoms with Gasteiger partial charge in [0.2, 0.25) is 0 Å². The maximum Gasteiger partial charge on any atom is 0.141 e. The molecule has 4 radical (unpaired) electrons. The fourth-order valence-electron chi connectivity index (χ4n) is 2.24. The van der Waals surface area contributed by atoms with E-state index in [2.05, 4.69) is 17.2 Å². The summed E-state index contributed by atoms with van der Waals surface area (Å²) in [6.45, 7) is 0.774. The molecule has 1 fully saturated rings. The maximum atomic E-state index is 7.73. The van der Waals surface area contributed by atoms with Crippen LogP contribution in [0.2, 0.25) is 6.32 Å². The van der Waals surface area contributed by atoms with Gasteiger partial charge >= 0.3 is 0 Å². The number of hydrogen-bond donors (Lipinski definition) is 2. The second-order valence-corrected chi connectivity index (χ2v) is 5.01. The van der Waals surface area contributed by atoms with Gasteiger partial charge in [-0.1, -0.05) is 18.2 Å². The lowest BCUT2D eigenvalue weighted by Gasteiger charge is -2.25. The molecule has 0 bridgehead atoms. The molecule has 1 aromatic carbocycles. The Morgan fingerprint density at radius 2 is 2.29 bits per heavy atom. The highest BCUT2D eigenvalue weighted by Crippen LogP contribution is 2.21. The lowest BCUT2D eigenvalue weighted by Crippen LogP contribution is -2.28. The van der Waals surface area contributed by atoms with Crippen LogP contribution in [-0.2, 0) is 4.74 Å². The molecule has 2 rings (SSSR count). The van der Waals surface area contributed by atoms with Crippen molar-refractivity contribution in [2.24, 2.45) is 0 Å². The van der Waals surface area contributed by atoms with Gasteiger partial charge in [0.25, 0.3) is 0 Å². The minimum absolute atomic E-state index is 0.00831. The molecule has 1 aromatic rings. The first-order valence-corrected chi connectivity index (χ1v) is 7.26. The summed E-state index contributed by atoms with van der Waals surface area (Å²) in [4.78, 5) is 0. The Bertz CT molecular complexity index is 557. The number of anilines is 1. The average molecular weight is 276 g/mol. The van der Waals surface area contributed by atoms with Gasteiger partial charge in [0.1, 0.15) is 14.1 Å². The van der Waals surface area contributed by atoms with Crippen molar-refractivity contribution in [3.8, 4) is 11.8 Å². The molecule has 1 saturated heterocycles. The van der Waals surface area contributed by atoms with Crippen LogP contribution in [0.1, 0.15) is 36.8 Å². The first kappa shape index (κ1) is 15.7. The lowest BCUT2D eigenvalue weighted by atomic mass is 9.91. The van der Waals surface area contributed by atoms with E-state index in [1.54, 1.807) is 0 Å². The quantitative estimate of drug-likeness (QED) is 0.504. The van der Waals surface area contributed by atoms with Crippen LogP contribution in [0.5, 0.6) is 0 Å². The molecule has 1 aliphatic heterocycles. The highest BCUT2D eigenvalue weighted by molar-refractivity contribution is 6.64. The topological polar surface area (TPSA) is 45.1 Å². The molecular weight excluding hydrogens is 258 g/mol. The monoisotopic (exact) mass is 276 g/mol. The second kappa shape index (κ2) is 7.95. The predicted molar refractivity (Wildman–Crippen MR) is 88.3 cm³/mol. The molecule has 0 saturated carbocycles. The van der Waals surface area contributed by atoms with E-state index in [1.165, 1.54) is 0 Å². The van der Waals surface area contributed by atoms with Gasteiger partial charge in [-0.25, -0.2) is 0 Å². The van der Waals surface area contributed by atoms with Crippen LogP contribution in [0.25, 0.3) is 0 Å². The minimum Gasteiger partial charge on any atom is -0.360 e. The van der Waals surface area contributed by atoms with Crippen LogP contribution in [0.3, 0.4) is 0 Å². The van der Waals surface area contributed by atoms with Crippen LogP contribution in [0.15, 0.2) is 18.2 Å². The van der Waals surface area contributed by atoms with Gasteiger partial charge in [0.15, 0.2) is 0 Å². The van der Waals surface area contributed by atoms with Gasteiger partial charge in [-0.2, -0.15) is 0 Å². The SMILES string of the molecule is [B]CCC#Cc1ccc(NC2CCCCO2)c(C([B])=N)c1. The largest absolute Gasteiger partial charge is 0.360 e. The molecule has 1 aliphatic rings. The van der Waals surface area contributed by atoms with Gasteiger partial charge in [-0.05, 0) is 43.1 Å². The van der Waals surface area contributed by atoms with Crippen molar-refractivity contribution in [2.75, 3.05) is 11.9 Å². The van der Waals surface area contributed by atoms with E-state index >= 15 is 0 Å². The highest BCUT2D eigenvalue weighted by Gasteiger charge is 2.15. The summed E-state index contributed by atoms with van der Waals surface area (Å²) in [5, 5.41) is 11.0. The molecule has 1 heterocycles. The number of ether oxygens (including phenoxy) is 1. The number of benzene rings is 1. The summed E-state index contributed by atoms with van der Waals surface area (Å²) in [7, 11) is 11.1. The standard InChI is InChI=1S/C16H18B2N2O/c17-9-3-1-5-12-7-8-14(13(11-12)16(18)19)20-15-6-2-4-10-21-15/h7-8,11,15,19-20H,2-4,6,9-10H2. The van der Waals surface area contributed by atoms with Crippen molar-refractivity contribution in [3.63, 3.8) is 0 Å². The fraction of sp³-hybridized carbons (Fsp3) is 0.438. The molecule has 21 heavy (non-hydrogen) atoms. The fourth-order valence-corrected chi connectivity index (χ4v) is 2.24. The zero-order valence-electron chi connectivity index (χ0n) is 12.1. The third-order valence-electron chi connectivity index (χ3n) is 3.31. The summed E-state index contributed by atoms with van der Waals surface area (Å²) in [6, 6.07) is 5.65. The number of hydrogen-bond acceptors (Lipinski definition) is 3. The van der Waals surface area contributed by atoms with Crippen LogP contribution >= 0.6 is 0 Å². The van der Waals surface area contributed by atoms with E-state index < -0.39 is 0 Å². The zero-order valence-corrected chi connectivity index (χ0v) is 12.1. The molecule has 0 aromatic heterocycles. The molecule has 3 nitrogen and oxygen atoms in total. The number of rotatable bonds is 4. The van der Waals surface area contributed by atoms with Gasteiger partial charge < -0.3 is 15.5 Å². The van der Waals surface area contributed by atoms with Gasteiger partial charge in [-0.3, -0.25) is 0 Å². The van der Waals surface area contributed by atoms with Crippen LogP contribution in [0, 0.1) is 17.3 Å². The van der Waals surface area contributed by atoms with E-state index in [1.807, 2.05) is 18.2 Å². The zero-order chi connectivity index (χ0) is 15.1. The van der Waals surface area contributed by atoms with E-state index in [9.17, 15) is 0 Å². The molecule has 1 atom stereocenters. The number of nitrogens with one attached hydrogen (secondary N) is 2. The summed E-state index contributed by atoms with van der Waals surface area (Å²) in [5.41, 5.74) is 2.34. The molecule has 0 aliphatic carbocycles. The maximum absolute atomic E-state index is 7.73. The van der Waals surface area contributed by atoms with Crippen LogP contribution in [-0.4, -0.2) is 34.1 Å². The van der Waals surface area contributed by atoms with E-state index in [0.29, 0.717) is 18.3 Å². The summed E-state index contributed by atoms with van der Waals surface area (Å²) >= 11 is 0.